The van der Waals surface area contributed by atoms with Crippen molar-refractivity contribution in [1.82, 2.24) is 10.4 Å². The minimum Gasteiger partial charge on any atom is -0.381 e. The van der Waals surface area contributed by atoms with Gasteiger partial charge in [-0.2, -0.15) is 0 Å². The second-order valence-corrected chi connectivity index (χ2v) is 5.98. The molecule has 2 heterocycles. The molecule has 2 aliphatic heterocycles. The van der Waals surface area contributed by atoms with Gasteiger partial charge in [0.25, 0.3) is 0 Å². The Morgan fingerprint density at radius 3 is 3.00 bits per heavy atom. The van der Waals surface area contributed by atoms with Crippen LogP contribution >= 0.6 is 0 Å². The molecule has 126 valence electrons. The van der Waals surface area contributed by atoms with Gasteiger partial charge in [0.2, 0.25) is 0 Å². The quantitative estimate of drug-likeness (QED) is 0.919. The summed E-state index contributed by atoms with van der Waals surface area (Å²) in [4.78, 5) is 17.7. The first kappa shape index (κ1) is 16.2. The number of benzene rings is 1. The lowest BCUT2D eigenvalue weighted by Crippen LogP contribution is -2.52. The van der Waals surface area contributed by atoms with Crippen molar-refractivity contribution in [2.45, 2.75) is 24.9 Å². The number of hydrogen-bond donors (Lipinski definition) is 1. The fourth-order valence-corrected chi connectivity index (χ4v) is 3.23. The summed E-state index contributed by atoms with van der Waals surface area (Å²) in [6.45, 7) is 2.59. The normalized spacial score (nSPS) is 24.1. The zero-order valence-electron chi connectivity index (χ0n) is 13.5. The molecule has 6 nitrogen and oxygen atoms in total. The maximum atomic E-state index is 12.3. The van der Waals surface area contributed by atoms with Crippen LogP contribution < -0.4 is 5.32 Å². The zero-order chi connectivity index (χ0) is 16.1. The number of hydrogen-bond acceptors (Lipinski definition) is 4. The van der Waals surface area contributed by atoms with Gasteiger partial charge in [0.1, 0.15) is 5.60 Å². The molecule has 0 radical (unpaired) electrons. The molecule has 0 aliphatic carbocycles. The summed E-state index contributed by atoms with van der Waals surface area (Å²) in [7, 11) is 1.65. The van der Waals surface area contributed by atoms with Crippen LogP contribution in [0.15, 0.2) is 24.3 Å². The molecule has 1 saturated heterocycles. The van der Waals surface area contributed by atoms with Crippen LogP contribution in [-0.2, 0) is 26.3 Å². The van der Waals surface area contributed by atoms with Crippen molar-refractivity contribution in [3.8, 4) is 0 Å². The molecule has 1 aromatic carbocycles. The van der Waals surface area contributed by atoms with Crippen LogP contribution in [-0.4, -0.2) is 51.1 Å². The van der Waals surface area contributed by atoms with E-state index in [0.29, 0.717) is 32.9 Å². The van der Waals surface area contributed by atoms with Crippen LogP contribution in [0.1, 0.15) is 24.0 Å². The molecule has 0 aromatic heterocycles. The van der Waals surface area contributed by atoms with E-state index in [4.69, 9.17) is 14.3 Å². The molecule has 1 aromatic rings. The van der Waals surface area contributed by atoms with Crippen LogP contribution in [0, 0.1) is 0 Å². The summed E-state index contributed by atoms with van der Waals surface area (Å²) in [6, 6.07) is 7.97. The molecule has 0 bridgehead atoms. The third-order valence-corrected chi connectivity index (χ3v) is 4.39. The Morgan fingerprint density at radius 1 is 1.35 bits per heavy atom. The summed E-state index contributed by atoms with van der Waals surface area (Å²) >= 11 is 0. The number of amides is 2. The molecule has 23 heavy (non-hydrogen) atoms. The van der Waals surface area contributed by atoms with Crippen LogP contribution in [0.3, 0.4) is 0 Å². The van der Waals surface area contributed by atoms with Crippen LogP contribution in [0.25, 0.3) is 0 Å². The Morgan fingerprint density at radius 2 is 2.22 bits per heavy atom. The fraction of sp³-hybridized carbons (Fsp3) is 0.588. The monoisotopic (exact) mass is 320 g/mol. The highest BCUT2D eigenvalue weighted by Crippen LogP contribution is 2.33. The summed E-state index contributed by atoms with van der Waals surface area (Å²) < 4.78 is 11.5. The first-order valence-corrected chi connectivity index (χ1v) is 8.15. The number of nitrogens with zero attached hydrogens (tertiary/aromatic N) is 1. The van der Waals surface area contributed by atoms with Crippen molar-refractivity contribution in [1.29, 1.82) is 0 Å². The summed E-state index contributed by atoms with van der Waals surface area (Å²) in [5.41, 5.74) is 1.70. The highest BCUT2D eigenvalue weighted by molar-refractivity contribution is 5.73. The third-order valence-electron chi connectivity index (χ3n) is 4.39. The lowest BCUT2D eigenvalue weighted by atomic mass is 9.86. The SMILES string of the molecule is COC[C@]1(CNC(=O)N2CCCCO2)OCCc2ccccc21. The van der Waals surface area contributed by atoms with Crippen LogP contribution in [0.2, 0.25) is 0 Å². The molecule has 1 atom stereocenters. The number of nitrogens with one attached hydrogen (secondary N) is 1. The second-order valence-electron chi connectivity index (χ2n) is 5.98. The Labute approximate surface area is 136 Å². The number of carbonyl (C=O) groups excluding carboxylic acids is 1. The van der Waals surface area contributed by atoms with Crippen LogP contribution in [0.4, 0.5) is 4.79 Å². The molecule has 1 N–H and O–H groups in total. The Balaban J connectivity index is 1.73. The number of hydroxylamine groups is 2. The largest absolute Gasteiger partial charge is 0.381 e. The zero-order valence-corrected chi connectivity index (χ0v) is 13.5. The molecule has 2 aliphatic rings. The fourth-order valence-electron chi connectivity index (χ4n) is 3.23. The summed E-state index contributed by atoms with van der Waals surface area (Å²) in [5.74, 6) is 0. The molecular weight excluding hydrogens is 296 g/mol. The van der Waals surface area contributed by atoms with Crippen molar-refractivity contribution in [2.75, 3.05) is 40.0 Å². The van der Waals surface area contributed by atoms with E-state index in [1.807, 2.05) is 12.1 Å². The minimum absolute atomic E-state index is 0.216. The Hall–Kier alpha value is -1.63. The van der Waals surface area contributed by atoms with Crippen molar-refractivity contribution < 1.29 is 19.1 Å². The first-order chi connectivity index (χ1) is 11.2. The first-order valence-electron chi connectivity index (χ1n) is 8.15. The van der Waals surface area contributed by atoms with Gasteiger partial charge in [0.15, 0.2) is 0 Å². The summed E-state index contributed by atoms with van der Waals surface area (Å²) in [5, 5.41) is 4.35. The number of ether oxygens (including phenoxy) is 2. The van der Waals surface area contributed by atoms with Gasteiger partial charge < -0.3 is 14.8 Å². The molecular formula is C17H24N2O4. The van der Waals surface area contributed by atoms with Crippen LogP contribution in [0.5, 0.6) is 0 Å². The van der Waals surface area contributed by atoms with E-state index in [9.17, 15) is 4.79 Å². The van der Waals surface area contributed by atoms with E-state index in [-0.39, 0.29) is 6.03 Å². The van der Waals surface area contributed by atoms with Crippen molar-refractivity contribution in [3.05, 3.63) is 35.4 Å². The van der Waals surface area contributed by atoms with Gasteiger partial charge in [-0.3, -0.25) is 4.84 Å². The summed E-state index contributed by atoms with van der Waals surface area (Å²) in [6.07, 6.45) is 2.84. The average Bonchev–Trinajstić information content (AvgIpc) is 2.61. The second kappa shape index (κ2) is 7.29. The van der Waals surface area contributed by atoms with Gasteiger partial charge in [0, 0.05) is 7.11 Å². The van der Waals surface area contributed by atoms with Crippen molar-refractivity contribution in [3.63, 3.8) is 0 Å². The molecule has 0 spiro atoms. The molecule has 1 fully saturated rings. The number of fused-ring (bicyclic) bond motifs is 1. The van der Waals surface area contributed by atoms with Gasteiger partial charge in [-0.1, -0.05) is 24.3 Å². The van der Waals surface area contributed by atoms with E-state index < -0.39 is 5.60 Å². The predicted octanol–water partition coefficient (Wildman–Crippen LogP) is 1.84. The highest BCUT2D eigenvalue weighted by atomic mass is 16.7. The Kier molecular flexibility index (Phi) is 5.15. The van der Waals surface area contributed by atoms with E-state index >= 15 is 0 Å². The third kappa shape index (κ3) is 3.49. The van der Waals surface area contributed by atoms with Gasteiger partial charge in [-0.25, -0.2) is 9.86 Å². The van der Waals surface area contributed by atoms with Crippen molar-refractivity contribution >= 4 is 6.03 Å². The van der Waals surface area contributed by atoms with Gasteiger partial charge in [-0.15, -0.1) is 0 Å². The standard InChI is InChI=1S/C17H24N2O4/c1-21-13-17(12-18-16(20)19-9-4-5-10-23-19)15-7-3-2-6-14(15)8-11-22-17/h2-3,6-7H,4-5,8-13H2,1H3,(H,18,20)/t17-/m0/s1. The minimum atomic E-state index is -0.644. The number of rotatable bonds is 4. The number of carbonyl (C=O) groups is 1. The lowest BCUT2D eigenvalue weighted by Gasteiger charge is -2.39. The van der Waals surface area contributed by atoms with E-state index in [0.717, 1.165) is 24.8 Å². The smallest absolute Gasteiger partial charge is 0.341 e. The topological polar surface area (TPSA) is 60.0 Å². The van der Waals surface area contributed by atoms with Crippen molar-refractivity contribution in [2.24, 2.45) is 0 Å². The molecule has 6 heteroatoms. The Bertz CT molecular complexity index is 545. The van der Waals surface area contributed by atoms with Gasteiger partial charge in [-0.05, 0) is 30.4 Å². The number of methoxy groups -OCH3 is 1. The van der Waals surface area contributed by atoms with Gasteiger partial charge >= 0.3 is 6.03 Å². The van der Waals surface area contributed by atoms with Gasteiger partial charge in [0.05, 0.1) is 32.9 Å². The lowest BCUT2D eigenvalue weighted by molar-refractivity contribution is -0.142. The molecule has 0 unspecified atom stereocenters. The highest BCUT2D eigenvalue weighted by Gasteiger charge is 2.38. The average molecular weight is 320 g/mol. The maximum absolute atomic E-state index is 12.3. The number of urea groups is 1. The van der Waals surface area contributed by atoms with E-state index in [1.165, 1.54) is 10.6 Å². The maximum Gasteiger partial charge on any atom is 0.341 e. The molecule has 2 amide bonds. The molecule has 3 rings (SSSR count). The predicted molar refractivity (Wildman–Crippen MR) is 84.9 cm³/mol. The van der Waals surface area contributed by atoms with E-state index in [2.05, 4.69) is 17.4 Å². The van der Waals surface area contributed by atoms with E-state index in [1.54, 1.807) is 7.11 Å². The molecule has 0 saturated carbocycles.